The third-order valence-electron chi connectivity index (χ3n) is 5.04. The van der Waals surface area contributed by atoms with Crippen molar-refractivity contribution in [1.82, 2.24) is 4.31 Å². The van der Waals surface area contributed by atoms with E-state index in [2.05, 4.69) is 5.32 Å². The summed E-state index contributed by atoms with van der Waals surface area (Å²) >= 11 is 5.65. The number of anilines is 1. The van der Waals surface area contributed by atoms with Gasteiger partial charge in [0.15, 0.2) is 0 Å². The molecule has 2 aromatic rings. The topological polar surface area (TPSA) is 75.7 Å². The second kappa shape index (κ2) is 9.24. The molecule has 3 rings (SSSR count). The number of carbonyl (C=O) groups is 1. The summed E-state index contributed by atoms with van der Waals surface area (Å²) in [4.78, 5) is 12.3. The van der Waals surface area contributed by atoms with Crippen molar-refractivity contribution in [2.75, 3.05) is 25.5 Å². The summed E-state index contributed by atoms with van der Waals surface area (Å²) in [6.45, 7) is -0.205. The Bertz CT molecular complexity index is 1130. The molecule has 2 aromatic carbocycles. The Morgan fingerprint density at radius 3 is 2.59 bits per heavy atom. The number of piperidine rings is 1. The number of amides is 1. The molecule has 0 bridgehead atoms. The predicted octanol–water partition coefficient (Wildman–Crippen LogP) is 4.55. The molecular formula is C20H19ClF4N2O4S. The van der Waals surface area contributed by atoms with Crippen LogP contribution in [0.4, 0.5) is 23.2 Å². The van der Waals surface area contributed by atoms with Gasteiger partial charge in [0.1, 0.15) is 16.5 Å². The van der Waals surface area contributed by atoms with Crippen LogP contribution in [0.3, 0.4) is 0 Å². The van der Waals surface area contributed by atoms with E-state index in [1.165, 1.54) is 19.2 Å². The number of hydrogen-bond donors (Lipinski definition) is 1. The van der Waals surface area contributed by atoms with Gasteiger partial charge in [0.25, 0.3) is 0 Å². The number of benzene rings is 2. The van der Waals surface area contributed by atoms with Crippen molar-refractivity contribution in [2.24, 2.45) is 5.92 Å². The zero-order valence-electron chi connectivity index (χ0n) is 16.7. The summed E-state index contributed by atoms with van der Waals surface area (Å²) in [5.74, 6) is -2.51. The highest BCUT2D eigenvalue weighted by atomic mass is 35.5. The molecule has 1 atom stereocenters. The molecule has 6 nitrogen and oxygen atoms in total. The molecule has 174 valence electrons. The van der Waals surface area contributed by atoms with Crippen LogP contribution in [0.2, 0.25) is 5.02 Å². The van der Waals surface area contributed by atoms with Crippen LogP contribution in [0.5, 0.6) is 5.75 Å². The van der Waals surface area contributed by atoms with Gasteiger partial charge in [0, 0.05) is 18.1 Å². The summed E-state index contributed by atoms with van der Waals surface area (Å²) in [7, 11) is -2.97. The Hall–Kier alpha value is -2.37. The number of rotatable bonds is 5. The maximum Gasteiger partial charge on any atom is 0.418 e. The van der Waals surface area contributed by atoms with Crippen LogP contribution in [0.25, 0.3) is 0 Å². The number of carbonyl (C=O) groups excluding carboxylic acids is 1. The molecule has 1 aliphatic rings. The average molecular weight is 495 g/mol. The highest BCUT2D eigenvalue weighted by Crippen LogP contribution is 2.37. The van der Waals surface area contributed by atoms with Gasteiger partial charge in [0.05, 0.1) is 24.3 Å². The Kier molecular flexibility index (Phi) is 7.01. The van der Waals surface area contributed by atoms with Crippen molar-refractivity contribution in [2.45, 2.75) is 23.9 Å². The van der Waals surface area contributed by atoms with Gasteiger partial charge in [-0.25, -0.2) is 12.8 Å². The molecule has 1 saturated heterocycles. The summed E-state index contributed by atoms with van der Waals surface area (Å²) in [6, 6.07) is 5.99. The van der Waals surface area contributed by atoms with Crippen molar-refractivity contribution in [3.63, 3.8) is 0 Å². The lowest BCUT2D eigenvalue weighted by Gasteiger charge is -2.31. The Balaban J connectivity index is 1.83. The second-order valence-corrected chi connectivity index (χ2v) is 9.52. The van der Waals surface area contributed by atoms with E-state index in [1.54, 1.807) is 0 Å². The molecule has 1 N–H and O–H groups in total. The fraction of sp³-hybridized carbons (Fsp3) is 0.350. The minimum Gasteiger partial charge on any atom is -0.495 e. The van der Waals surface area contributed by atoms with Crippen molar-refractivity contribution in [3.8, 4) is 5.75 Å². The molecule has 1 amide bonds. The minimum absolute atomic E-state index is 0.0611. The van der Waals surface area contributed by atoms with Gasteiger partial charge in [-0.1, -0.05) is 11.6 Å². The van der Waals surface area contributed by atoms with Gasteiger partial charge in [0.2, 0.25) is 15.9 Å². The SMILES string of the molecule is COc1ccc(F)cc1S(=O)(=O)N1CCC[C@H](C(=O)Nc2ccc(Cl)cc2C(F)(F)F)C1. The highest BCUT2D eigenvalue weighted by Gasteiger charge is 2.37. The molecule has 12 heteroatoms. The van der Waals surface area contributed by atoms with E-state index in [0.717, 1.165) is 22.5 Å². The number of ether oxygens (including phenoxy) is 1. The molecule has 0 spiro atoms. The molecule has 32 heavy (non-hydrogen) atoms. The predicted molar refractivity (Wildman–Crippen MR) is 110 cm³/mol. The highest BCUT2D eigenvalue weighted by molar-refractivity contribution is 7.89. The zero-order valence-corrected chi connectivity index (χ0v) is 18.3. The third kappa shape index (κ3) is 5.16. The molecule has 1 fully saturated rings. The lowest BCUT2D eigenvalue weighted by atomic mass is 9.98. The molecule has 0 radical (unpaired) electrons. The first-order valence-corrected chi connectivity index (χ1v) is 11.3. The molecular weight excluding hydrogens is 476 g/mol. The van der Waals surface area contributed by atoms with Gasteiger partial charge in [-0.3, -0.25) is 4.79 Å². The van der Waals surface area contributed by atoms with E-state index in [4.69, 9.17) is 16.3 Å². The normalized spacial score (nSPS) is 17.8. The number of methoxy groups -OCH3 is 1. The molecule has 1 heterocycles. The van der Waals surface area contributed by atoms with Gasteiger partial charge >= 0.3 is 6.18 Å². The lowest BCUT2D eigenvalue weighted by molar-refractivity contribution is -0.137. The first-order valence-electron chi connectivity index (χ1n) is 9.45. The van der Waals surface area contributed by atoms with E-state index in [1.807, 2.05) is 0 Å². The van der Waals surface area contributed by atoms with E-state index >= 15 is 0 Å². The van der Waals surface area contributed by atoms with Gasteiger partial charge < -0.3 is 10.1 Å². The van der Waals surface area contributed by atoms with Crippen molar-refractivity contribution < 1.29 is 35.5 Å². The Labute approximate surface area is 187 Å². The number of hydrogen-bond acceptors (Lipinski definition) is 4. The molecule has 1 aliphatic heterocycles. The lowest BCUT2D eigenvalue weighted by Crippen LogP contribution is -2.43. The summed E-state index contributed by atoms with van der Waals surface area (Å²) < 4.78 is 85.7. The maximum atomic E-state index is 13.7. The van der Waals surface area contributed by atoms with Gasteiger partial charge in [-0.05, 0) is 49.2 Å². The average Bonchev–Trinajstić information content (AvgIpc) is 2.74. The van der Waals surface area contributed by atoms with E-state index < -0.39 is 50.0 Å². The summed E-state index contributed by atoms with van der Waals surface area (Å²) in [6.07, 6.45) is -4.18. The standard InChI is InChI=1S/C20H19ClF4N2O4S/c1-31-17-7-5-14(22)10-18(17)32(29,30)27-8-2-3-12(11-27)19(28)26-16-6-4-13(21)9-15(16)20(23,24)25/h4-7,9-10,12H,2-3,8,11H2,1H3,(H,26,28)/t12-/m0/s1. The Morgan fingerprint density at radius 2 is 1.94 bits per heavy atom. The summed E-state index contributed by atoms with van der Waals surface area (Å²) in [5.41, 5.74) is -1.58. The third-order valence-corrected chi connectivity index (χ3v) is 7.16. The Morgan fingerprint density at radius 1 is 1.22 bits per heavy atom. The van der Waals surface area contributed by atoms with Crippen molar-refractivity contribution >= 4 is 33.2 Å². The first-order chi connectivity index (χ1) is 14.9. The maximum absolute atomic E-state index is 13.7. The van der Waals surface area contributed by atoms with Gasteiger partial charge in [-0.15, -0.1) is 0 Å². The fourth-order valence-corrected chi connectivity index (χ4v) is 5.32. The molecule has 0 unspecified atom stereocenters. The number of halogens is 5. The second-order valence-electron chi connectivity index (χ2n) is 7.17. The zero-order chi connectivity index (χ0) is 23.7. The summed E-state index contributed by atoms with van der Waals surface area (Å²) in [5, 5.41) is 2.09. The largest absolute Gasteiger partial charge is 0.495 e. The molecule has 0 saturated carbocycles. The van der Waals surface area contributed by atoms with Crippen LogP contribution in [0, 0.1) is 11.7 Å². The van der Waals surface area contributed by atoms with Crippen LogP contribution >= 0.6 is 11.6 Å². The smallest absolute Gasteiger partial charge is 0.418 e. The monoisotopic (exact) mass is 494 g/mol. The number of alkyl halides is 3. The van der Waals surface area contributed by atoms with Crippen LogP contribution in [0.1, 0.15) is 18.4 Å². The number of nitrogens with one attached hydrogen (secondary N) is 1. The van der Waals surface area contributed by atoms with Crippen molar-refractivity contribution in [3.05, 3.63) is 52.8 Å². The number of sulfonamides is 1. The van der Waals surface area contributed by atoms with Crippen LogP contribution in [-0.4, -0.2) is 38.8 Å². The fourth-order valence-electron chi connectivity index (χ4n) is 3.46. The van der Waals surface area contributed by atoms with E-state index in [0.29, 0.717) is 12.5 Å². The van der Waals surface area contributed by atoms with Crippen LogP contribution in [-0.2, 0) is 21.0 Å². The quantitative estimate of drug-likeness (QED) is 0.619. The van der Waals surface area contributed by atoms with Crippen LogP contribution in [0.15, 0.2) is 41.3 Å². The number of nitrogens with zero attached hydrogens (tertiary/aromatic N) is 1. The first kappa shape index (κ1) is 24.3. The van der Waals surface area contributed by atoms with E-state index in [-0.39, 0.29) is 30.3 Å². The molecule has 0 aliphatic carbocycles. The molecule has 0 aromatic heterocycles. The van der Waals surface area contributed by atoms with Gasteiger partial charge in [-0.2, -0.15) is 17.5 Å². The van der Waals surface area contributed by atoms with Crippen LogP contribution < -0.4 is 10.1 Å². The van der Waals surface area contributed by atoms with Crippen molar-refractivity contribution in [1.29, 1.82) is 0 Å². The minimum atomic E-state index is -4.75. The van der Waals surface area contributed by atoms with E-state index in [9.17, 15) is 30.8 Å².